The molecule has 1 heterocycles. The largest absolute Gasteiger partial charge is 0.490 e. The summed E-state index contributed by atoms with van der Waals surface area (Å²) in [6.07, 6.45) is 2.12. The zero-order valence-corrected chi connectivity index (χ0v) is 16.5. The summed E-state index contributed by atoms with van der Waals surface area (Å²) in [7, 11) is 4.97. The first-order valence-corrected chi connectivity index (χ1v) is 9.33. The molecule has 1 aromatic carbocycles. The van der Waals surface area contributed by atoms with Crippen molar-refractivity contribution in [3.8, 4) is 5.75 Å². The summed E-state index contributed by atoms with van der Waals surface area (Å²) in [4.78, 5) is 27.8. The van der Waals surface area contributed by atoms with E-state index in [1.807, 2.05) is 17.0 Å². The van der Waals surface area contributed by atoms with Crippen molar-refractivity contribution >= 4 is 11.8 Å². The molecule has 1 aliphatic heterocycles. The lowest BCUT2D eigenvalue weighted by Gasteiger charge is -2.32. The molecule has 2 rings (SSSR count). The number of ether oxygens (including phenoxy) is 3. The number of hydrogen-bond donors (Lipinski definition) is 0. The van der Waals surface area contributed by atoms with Crippen LogP contribution in [0.1, 0.15) is 29.6 Å². The number of methoxy groups -OCH3 is 2. The molecule has 0 unspecified atom stereocenters. The third-order valence-electron chi connectivity index (χ3n) is 4.70. The molecule has 0 saturated carbocycles. The van der Waals surface area contributed by atoms with E-state index in [0.717, 1.165) is 18.6 Å². The first kappa shape index (κ1) is 21.2. The van der Waals surface area contributed by atoms with Crippen molar-refractivity contribution in [1.29, 1.82) is 0 Å². The molecule has 0 aliphatic carbocycles. The zero-order chi connectivity index (χ0) is 19.6. The van der Waals surface area contributed by atoms with Crippen molar-refractivity contribution in [3.05, 3.63) is 29.8 Å². The number of hydrogen-bond acceptors (Lipinski definition) is 5. The lowest BCUT2D eigenvalue weighted by molar-refractivity contribution is -0.133. The highest BCUT2D eigenvalue weighted by Crippen LogP contribution is 2.20. The van der Waals surface area contributed by atoms with E-state index in [-0.39, 0.29) is 17.9 Å². The maximum atomic E-state index is 12.3. The highest BCUT2D eigenvalue weighted by molar-refractivity contribution is 5.94. The fourth-order valence-corrected chi connectivity index (χ4v) is 2.99. The van der Waals surface area contributed by atoms with Gasteiger partial charge in [0.1, 0.15) is 11.9 Å². The maximum Gasteiger partial charge on any atom is 0.253 e. The molecule has 1 saturated heterocycles. The van der Waals surface area contributed by atoms with E-state index in [2.05, 4.69) is 0 Å². The molecule has 7 nitrogen and oxygen atoms in total. The Balaban J connectivity index is 1.80. The van der Waals surface area contributed by atoms with Crippen molar-refractivity contribution in [2.75, 3.05) is 54.1 Å². The van der Waals surface area contributed by atoms with Gasteiger partial charge in [0.2, 0.25) is 5.91 Å². The van der Waals surface area contributed by atoms with Crippen LogP contribution in [-0.2, 0) is 14.3 Å². The average molecular weight is 378 g/mol. The molecule has 0 bridgehead atoms. The fourth-order valence-electron chi connectivity index (χ4n) is 2.99. The number of benzene rings is 1. The second-order valence-corrected chi connectivity index (χ2v) is 6.68. The molecule has 1 fully saturated rings. The number of piperidine rings is 1. The summed E-state index contributed by atoms with van der Waals surface area (Å²) in [5.41, 5.74) is 0.625. The number of nitrogens with zero attached hydrogens (tertiary/aromatic N) is 2. The van der Waals surface area contributed by atoms with Crippen LogP contribution in [0.2, 0.25) is 0 Å². The minimum absolute atomic E-state index is 0.0403. The molecule has 27 heavy (non-hydrogen) atoms. The summed E-state index contributed by atoms with van der Waals surface area (Å²) in [6.45, 7) is 2.93. The SMILES string of the molecule is COCCC(=O)N1CCC(Oc2ccc(C(=O)N(C)CCOC)cc2)CC1. The number of carbonyl (C=O) groups excluding carboxylic acids is 2. The minimum atomic E-state index is -0.0403. The Hall–Kier alpha value is -2.12. The monoisotopic (exact) mass is 378 g/mol. The number of carbonyl (C=O) groups is 2. The van der Waals surface area contributed by atoms with Crippen molar-refractivity contribution in [2.24, 2.45) is 0 Å². The van der Waals surface area contributed by atoms with Gasteiger partial charge in [-0.05, 0) is 24.3 Å². The molecule has 150 valence electrons. The van der Waals surface area contributed by atoms with Gasteiger partial charge in [0, 0.05) is 59.3 Å². The molecule has 7 heteroatoms. The lowest BCUT2D eigenvalue weighted by atomic mass is 10.1. The summed E-state index contributed by atoms with van der Waals surface area (Å²) >= 11 is 0. The Morgan fingerprint density at radius 2 is 1.70 bits per heavy atom. The van der Waals surface area contributed by atoms with E-state index in [1.54, 1.807) is 38.3 Å². The standard InChI is InChI=1S/C20H30N2O5/c1-21(13-15-26-3)20(24)16-4-6-17(7-5-16)27-18-8-11-22(12-9-18)19(23)10-14-25-2/h4-7,18H,8-15H2,1-3H3. The fraction of sp³-hybridized carbons (Fsp3) is 0.600. The Bertz CT molecular complexity index is 597. The van der Waals surface area contributed by atoms with E-state index in [9.17, 15) is 9.59 Å². The first-order chi connectivity index (χ1) is 13.0. The predicted octanol–water partition coefficient (Wildman–Crippen LogP) is 1.81. The van der Waals surface area contributed by atoms with E-state index in [1.165, 1.54) is 0 Å². The topological polar surface area (TPSA) is 68.3 Å². The summed E-state index contributed by atoms with van der Waals surface area (Å²) < 4.78 is 16.0. The van der Waals surface area contributed by atoms with Gasteiger partial charge in [0.15, 0.2) is 0 Å². The molecule has 0 radical (unpaired) electrons. The molecule has 1 aromatic rings. The summed E-state index contributed by atoms with van der Waals surface area (Å²) in [6, 6.07) is 7.22. The van der Waals surface area contributed by atoms with E-state index in [0.29, 0.717) is 44.8 Å². The minimum Gasteiger partial charge on any atom is -0.490 e. The molecule has 0 atom stereocenters. The van der Waals surface area contributed by atoms with Gasteiger partial charge in [-0.3, -0.25) is 9.59 Å². The van der Waals surface area contributed by atoms with Gasteiger partial charge in [-0.25, -0.2) is 0 Å². The number of likely N-dealkylation sites (N-methyl/N-ethyl adjacent to an activating group) is 1. The molecule has 1 aliphatic rings. The summed E-state index contributed by atoms with van der Waals surface area (Å²) in [5.74, 6) is 0.840. The molecule has 0 spiro atoms. The maximum absolute atomic E-state index is 12.3. The Morgan fingerprint density at radius 1 is 1.07 bits per heavy atom. The number of likely N-dealkylation sites (tertiary alicyclic amines) is 1. The Kier molecular flexibility index (Phi) is 8.54. The summed E-state index contributed by atoms with van der Waals surface area (Å²) in [5, 5.41) is 0. The van der Waals surface area contributed by atoms with Crippen molar-refractivity contribution in [1.82, 2.24) is 9.80 Å². The van der Waals surface area contributed by atoms with Crippen LogP contribution < -0.4 is 4.74 Å². The quantitative estimate of drug-likeness (QED) is 0.656. The third-order valence-corrected chi connectivity index (χ3v) is 4.70. The second kappa shape index (κ2) is 10.9. The van der Waals surface area contributed by atoms with Gasteiger partial charge in [-0.2, -0.15) is 0 Å². The molecular weight excluding hydrogens is 348 g/mol. The van der Waals surface area contributed by atoms with Gasteiger partial charge in [0.25, 0.3) is 5.91 Å². The zero-order valence-electron chi connectivity index (χ0n) is 16.5. The highest BCUT2D eigenvalue weighted by Gasteiger charge is 2.23. The Labute approximate surface area is 161 Å². The number of amides is 2. The van der Waals surface area contributed by atoms with Gasteiger partial charge >= 0.3 is 0 Å². The van der Waals surface area contributed by atoms with Crippen LogP contribution in [0.4, 0.5) is 0 Å². The van der Waals surface area contributed by atoms with Crippen LogP contribution in [0.5, 0.6) is 5.75 Å². The smallest absolute Gasteiger partial charge is 0.253 e. The van der Waals surface area contributed by atoms with Crippen LogP contribution in [0.15, 0.2) is 24.3 Å². The van der Waals surface area contributed by atoms with Crippen LogP contribution in [0.25, 0.3) is 0 Å². The highest BCUT2D eigenvalue weighted by atomic mass is 16.5. The van der Waals surface area contributed by atoms with E-state index in [4.69, 9.17) is 14.2 Å². The molecular formula is C20H30N2O5. The normalized spacial score (nSPS) is 14.9. The van der Waals surface area contributed by atoms with Gasteiger partial charge in [-0.15, -0.1) is 0 Å². The van der Waals surface area contributed by atoms with Crippen molar-refractivity contribution in [3.63, 3.8) is 0 Å². The molecule has 2 amide bonds. The average Bonchev–Trinajstić information content (AvgIpc) is 2.70. The van der Waals surface area contributed by atoms with Gasteiger partial charge in [-0.1, -0.05) is 0 Å². The van der Waals surface area contributed by atoms with Crippen molar-refractivity contribution in [2.45, 2.75) is 25.4 Å². The second-order valence-electron chi connectivity index (χ2n) is 6.68. The third kappa shape index (κ3) is 6.52. The van der Waals surface area contributed by atoms with Gasteiger partial charge in [0.05, 0.1) is 19.6 Å². The van der Waals surface area contributed by atoms with Crippen LogP contribution >= 0.6 is 0 Å². The van der Waals surface area contributed by atoms with Crippen molar-refractivity contribution < 1.29 is 23.8 Å². The molecule has 0 N–H and O–H groups in total. The van der Waals surface area contributed by atoms with E-state index < -0.39 is 0 Å². The van der Waals surface area contributed by atoms with Crippen LogP contribution in [0, 0.1) is 0 Å². The first-order valence-electron chi connectivity index (χ1n) is 9.33. The predicted molar refractivity (Wildman–Crippen MR) is 102 cm³/mol. The van der Waals surface area contributed by atoms with E-state index >= 15 is 0 Å². The molecule has 0 aromatic heterocycles. The van der Waals surface area contributed by atoms with Gasteiger partial charge < -0.3 is 24.0 Å². The lowest BCUT2D eigenvalue weighted by Crippen LogP contribution is -2.42. The number of rotatable bonds is 9. The Morgan fingerprint density at radius 3 is 2.30 bits per heavy atom. The van der Waals surface area contributed by atoms with Crippen LogP contribution in [-0.4, -0.2) is 81.8 Å². The van der Waals surface area contributed by atoms with Crippen LogP contribution in [0.3, 0.4) is 0 Å².